The largest absolute Gasteiger partial charge is 0.506 e. The molecule has 0 unspecified atom stereocenters. The zero-order valence-corrected chi connectivity index (χ0v) is 14.0. The molecule has 0 spiro atoms. The molecular formula is C16H14ClNO2S2. The van der Waals surface area contributed by atoms with Crippen LogP contribution >= 0.6 is 35.1 Å². The number of benzene rings is 2. The summed E-state index contributed by atoms with van der Waals surface area (Å²) in [4.78, 5) is 12.2. The molecule has 1 aliphatic heterocycles. The third kappa shape index (κ3) is 3.54. The van der Waals surface area contributed by atoms with Crippen LogP contribution in [0.2, 0.25) is 5.02 Å². The van der Waals surface area contributed by atoms with E-state index in [-0.39, 0.29) is 11.7 Å². The van der Waals surface area contributed by atoms with E-state index < -0.39 is 0 Å². The van der Waals surface area contributed by atoms with Crippen molar-refractivity contribution >= 4 is 46.7 Å². The topological polar surface area (TPSA) is 49.3 Å². The zero-order chi connectivity index (χ0) is 15.5. The number of halogens is 1. The van der Waals surface area contributed by atoms with Crippen LogP contribution in [0.15, 0.2) is 42.5 Å². The van der Waals surface area contributed by atoms with Gasteiger partial charge in [-0.2, -0.15) is 0 Å². The number of thioether (sulfide) groups is 2. The lowest BCUT2D eigenvalue weighted by atomic mass is 10.1. The number of carbonyl (C=O) groups is 1. The number of hydrogen-bond acceptors (Lipinski definition) is 4. The molecule has 6 heteroatoms. The fourth-order valence-corrected chi connectivity index (χ4v) is 5.18. The molecule has 22 heavy (non-hydrogen) atoms. The van der Waals surface area contributed by atoms with Gasteiger partial charge >= 0.3 is 0 Å². The number of carbonyl (C=O) groups excluding carboxylic acids is 1. The summed E-state index contributed by atoms with van der Waals surface area (Å²) in [6.45, 7) is 0. The summed E-state index contributed by atoms with van der Waals surface area (Å²) < 4.78 is 0.467. The second kappa shape index (κ2) is 6.86. The van der Waals surface area contributed by atoms with E-state index in [0.29, 0.717) is 20.9 Å². The molecule has 114 valence electrons. The van der Waals surface area contributed by atoms with Crippen molar-refractivity contribution in [2.24, 2.45) is 0 Å². The number of phenolic OH excluding ortho intramolecular Hbond substituents is 1. The number of anilines is 1. The Labute approximate surface area is 142 Å². The highest BCUT2D eigenvalue weighted by Gasteiger charge is 2.18. The zero-order valence-electron chi connectivity index (χ0n) is 11.6. The molecule has 3 nitrogen and oxygen atoms in total. The molecule has 2 N–H and O–H groups in total. The van der Waals surface area contributed by atoms with E-state index in [2.05, 4.69) is 5.32 Å². The quantitative estimate of drug-likeness (QED) is 0.781. The first-order chi connectivity index (χ1) is 10.6. The second-order valence-corrected chi connectivity index (χ2v) is 7.97. The van der Waals surface area contributed by atoms with E-state index in [0.717, 1.165) is 0 Å². The highest BCUT2D eigenvalue weighted by molar-refractivity contribution is 8.19. The third-order valence-electron chi connectivity index (χ3n) is 3.27. The van der Waals surface area contributed by atoms with Crippen molar-refractivity contribution in [2.75, 3.05) is 16.8 Å². The maximum Gasteiger partial charge on any atom is 0.255 e. The highest BCUT2D eigenvalue weighted by Crippen LogP contribution is 2.45. The van der Waals surface area contributed by atoms with Crippen molar-refractivity contribution in [3.05, 3.63) is 58.6 Å². The average molecular weight is 352 g/mol. The van der Waals surface area contributed by atoms with Gasteiger partial charge in [0.25, 0.3) is 5.91 Å². The molecule has 0 aromatic heterocycles. The lowest BCUT2D eigenvalue weighted by molar-refractivity contribution is 0.102. The molecule has 1 heterocycles. The van der Waals surface area contributed by atoms with Crippen LogP contribution in [0, 0.1) is 0 Å². The molecule has 0 aliphatic carbocycles. The van der Waals surface area contributed by atoms with Crippen molar-refractivity contribution in [3.8, 4) is 5.75 Å². The SMILES string of the molecule is O=C(Nc1cc(Cl)ccc1O)c1ccc(C2SCCS2)cc1. The van der Waals surface area contributed by atoms with Crippen LogP contribution in [0.5, 0.6) is 5.75 Å². The fourth-order valence-electron chi connectivity index (χ4n) is 2.15. The predicted molar refractivity (Wildman–Crippen MR) is 95.2 cm³/mol. The van der Waals surface area contributed by atoms with Gasteiger partial charge in [-0.15, -0.1) is 23.5 Å². The Morgan fingerprint density at radius 1 is 1.14 bits per heavy atom. The van der Waals surface area contributed by atoms with Crippen LogP contribution < -0.4 is 5.32 Å². The Balaban J connectivity index is 1.73. The van der Waals surface area contributed by atoms with Gasteiger partial charge in [-0.3, -0.25) is 4.79 Å². The van der Waals surface area contributed by atoms with Crippen molar-refractivity contribution < 1.29 is 9.90 Å². The molecule has 1 aliphatic rings. The lowest BCUT2D eigenvalue weighted by Gasteiger charge is -2.10. The molecule has 1 amide bonds. The van der Waals surface area contributed by atoms with E-state index in [1.807, 2.05) is 47.8 Å². The standard InChI is InChI=1S/C16H14ClNO2S2/c17-12-5-6-14(19)13(9-12)18-15(20)10-1-3-11(4-2-10)16-21-7-8-22-16/h1-6,9,16,19H,7-8H2,(H,18,20). The maximum atomic E-state index is 12.2. The van der Waals surface area contributed by atoms with Gasteiger partial charge in [0.05, 0.1) is 10.3 Å². The van der Waals surface area contributed by atoms with Crippen molar-refractivity contribution in [3.63, 3.8) is 0 Å². The first-order valence-corrected chi connectivity index (χ1v) is 9.24. The van der Waals surface area contributed by atoms with Gasteiger partial charge < -0.3 is 10.4 Å². The molecule has 3 rings (SSSR count). The highest BCUT2D eigenvalue weighted by atomic mass is 35.5. The lowest BCUT2D eigenvalue weighted by Crippen LogP contribution is -2.12. The van der Waals surface area contributed by atoms with Crippen LogP contribution in [0.1, 0.15) is 20.5 Å². The smallest absolute Gasteiger partial charge is 0.255 e. The first-order valence-electron chi connectivity index (χ1n) is 6.76. The molecular weight excluding hydrogens is 338 g/mol. The van der Waals surface area contributed by atoms with Gasteiger partial charge in [-0.05, 0) is 35.9 Å². The van der Waals surface area contributed by atoms with Crippen LogP contribution in [0.3, 0.4) is 0 Å². The van der Waals surface area contributed by atoms with E-state index in [1.54, 1.807) is 6.07 Å². The van der Waals surface area contributed by atoms with E-state index in [9.17, 15) is 9.90 Å². The first kappa shape index (κ1) is 15.6. The summed E-state index contributed by atoms with van der Waals surface area (Å²) >= 11 is 9.73. The summed E-state index contributed by atoms with van der Waals surface area (Å²) in [5.74, 6) is 2.07. The monoisotopic (exact) mass is 351 g/mol. The van der Waals surface area contributed by atoms with Crippen LogP contribution in [0.4, 0.5) is 5.69 Å². The minimum atomic E-state index is -0.268. The number of amides is 1. The second-order valence-electron chi connectivity index (χ2n) is 4.81. The minimum Gasteiger partial charge on any atom is -0.506 e. The summed E-state index contributed by atoms with van der Waals surface area (Å²) in [5, 5.41) is 12.9. The van der Waals surface area contributed by atoms with Crippen molar-refractivity contribution in [1.82, 2.24) is 0 Å². The molecule has 0 saturated carbocycles. The maximum absolute atomic E-state index is 12.2. The fraction of sp³-hybridized carbons (Fsp3) is 0.188. The molecule has 2 aromatic rings. The molecule has 1 saturated heterocycles. The van der Waals surface area contributed by atoms with Gasteiger partial charge in [0, 0.05) is 22.1 Å². The molecule has 2 aromatic carbocycles. The van der Waals surface area contributed by atoms with Crippen molar-refractivity contribution in [1.29, 1.82) is 0 Å². The predicted octanol–water partition coefficient (Wildman–Crippen LogP) is 4.78. The number of hydrogen-bond donors (Lipinski definition) is 2. The Morgan fingerprint density at radius 3 is 2.50 bits per heavy atom. The van der Waals surface area contributed by atoms with Gasteiger partial charge in [0.2, 0.25) is 0 Å². The normalized spacial score (nSPS) is 15.0. The molecule has 0 atom stereocenters. The summed E-state index contributed by atoms with van der Waals surface area (Å²) in [6, 6.07) is 12.1. The van der Waals surface area contributed by atoms with Crippen LogP contribution in [0.25, 0.3) is 0 Å². The Morgan fingerprint density at radius 2 is 1.82 bits per heavy atom. The van der Waals surface area contributed by atoms with E-state index in [4.69, 9.17) is 11.6 Å². The van der Waals surface area contributed by atoms with Gasteiger partial charge in [0.15, 0.2) is 0 Å². The number of nitrogens with one attached hydrogen (secondary N) is 1. The van der Waals surface area contributed by atoms with Crippen LogP contribution in [-0.4, -0.2) is 22.5 Å². The Bertz CT molecular complexity index is 685. The molecule has 1 fully saturated rings. The van der Waals surface area contributed by atoms with Gasteiger partial charge in [-0.1, -0.05) is 23.7 Å². The van der Waals surface area contributed by atoms with Gasteiger partial charge in [0.1, 0.15) is 5.75 Å². The van der Waals surface area contributed by atoms with Crippen LogP contribution in [-0.2, 0) is 0 Å². The third-order valence-corrected chi connectivity index (χ3v) is 6.61. The minimum absolute atomic E-state index is 0.00637. The van der Waals surface area contributed by atoms with E-state index >= 15 is 0 Å². The Hall–Kier alpha value is -1.30. The van der Waals surface area contributed by atoms with Gasteiger partial charge in [-0.25, -0.2) is 0 Å². The number of phenols is 1. The summed E-state index contributed by atoms with van der Waals surface area (Å²) in [6.07, 6.45) is 0. The van der Waals surface area contributed by atoms with E-state index in [1.165, 1.54) is 29.2 Å². The molecule has 0 bridgehead atoms. The summed E-state index contributed by atoms with van der Waals surface area (Å²) in [5.41, 5.74) is 2.09. The summed E-state index contributed by atoms with van der Waals surface area (Å²) in [7, 11) is 0. The van der Waals surface area contributed by atoms with Crippen molar-refractivity contribution in [2.45, 2.75) is 4.58 Å². The average Bonchev–Trinajstić information content (AvgIpc) is 3.05. The number of rotatable bonds is 3. The number of aromatic hydroxyl groups is 1. The molecule has 0 radical (unpaired) electrons. The Kier molecular flexibility index (Phi) is 4.86.